The van der Waals surface area contributed by atoms with Crippen molar-refractivity contribution in [3.63, 3.8) is 0 Å². The third-order valence-electron chi connectivity index (χ3n) is 6.55. The number of benzene rings is 1. The molecule has 0 N–H and O–H groups in total. The topological polar surface area (TPSA) is 50.1 Å². The average Bonchev–Trinajstić information content (AvgIpc) is 3.37. The number of aromatic nitrogens is 4. The molecule has 1 aromatic carbocycles. The maximum Gasteiger partial charge on any atom is 0.168 e. The number of tetrazole rings is 1. The smallest absolute Gasteiger partial charge is 0.168 e. The molecule has 0 unspecified atom stereocenters. The zero-order valence-electron chi connectivity index (χ0n) is 16.9. The first-order valence-corrected chi connectivity index (χ1v) is 10.5. The highest BCUT2D eigenvalue weighted by molar-refractivity contribution is 5.56. The van der Waals surface area contributed by atoms with Crippen molar-refractivity contribution >= 4 is 5.69 Å². The Bertz CT molecular complexity index is 756. The van der Waals surface area contributed by atoms with E-state index in [9.17, 15) is 0 Å². The zero-order chi connectivity index (χ0) is 18.8. The van der Waals surface area contributed by atoms with Gasteiger partial charge in [0.2, 0.25) is 0 Å². The summed E-state index contributed by atoms with van der Waals surface area (Å²) >= 11 is 0. The molecule has 0 radical (unpaired) electrons. The fraction of sp³-hybridized carbons (Fsp3) is 0.667. The summed E-state index contributed by atoms with van der Waals surface area (Å²) in [6.45, 7) is 10.9. The molecule has 1 aliphatic heterocycles. The van der Waals surface area contributed by atoms with E-state index in [0.717, 1.165) is 38.4 Å². The summed E-state index contributed by atoms with van der Waals surface area (Å²) in [6.07, 6.45) is 6.09. The summed E-state index contributed by atoms with van der Waals surface area (Å²) in [5.74, 6) is 1.07. The Balaban J connectivity index is 1.47. The van der Waals surface area contributed by atoms with Gasteiger partial charge in [0.25, 0.3) is 0 Å². The van der Waals surface area contributed by atoms with E-state index in [2.05, 4.69) is 69.0 Å². The van der Waals surface area contributed by atoms with Crippen LogP contribution in [0.3, 0.4) is 0 Å². The number of aryl methyl sites for hydroxylation is 1. The van der Waals surface area contributed by atoms with Crippen LogP contribution in [0.4, 0.5) is 5.69 Å². The summed E-state index contributed by atoms with van der Waals surface area (Å²) in [6, 6.07) is 7.46. The van der Waals surface area contributed by atoms with Crippen LogP contribution in [0.15, 0.2) is 18.2 Å². The van der Waals surface area contributed by atoms with Gasteiger partial charge in [-0.15, -0.1) is 5.10 Å². The minimum atomic E-state index is 0.321. The van der Waals surface area contributed by atoms with Crippen LogP contribution in [0.5, 0.6) is 0 Å². The van der Waals surface area contributed by atoms with Crippen molar-refractivity contribution in [2.24, 2.45) is 0 Å². The van der Waals surface area contributed by atoms with Crippen molar-refractivity contribution < 1.29 is 0 Å². The standard InChI is InChI=1S/C21H32N6/c1-4-19(21-22-23-24-27(21)18-9-5-6-10-18)25-12-14-26(15-13-25)20-11-7-8-16(2)17(20)3/h7-8,11,18-19H,4-6,9-10,12-15H2,1-3H3/t19-/m1/s1. The van der Waals surface area contributed by atoms with Gasteiger partial charge >= 0.3 is 0 Å². The molecule has 1 saturated heterocycles. The van der Waals surface area contributed by atoms with E-state index in [0.29, 0.717) is 12.1 Å². The molecule has 146 valence electrons. The van der Waals surface area contributed by atoms with Gasteiger partial charge in [-0.2, -0.15) is 0 Å². The Morgan fingerprint density at radius 2 is 1.81 bits per heavy atom. The van der Waals surface area contributed by atoms with Gasteiger partial charge < -0.3 is 4.90 Å². The lowest BCUT2D eigenvalue weighted by molar-refractivity contribution is 0.166. The van der Waals surface area contributed by atoms with Crippen LogP contribution in [-0.2, 0) is 0 Å². The highest BCUT2D eigenvalue weighted by atomic mass is 15.6. The number of anilines is 1. The number of nitrogens with zero attached hydrogens (tertiary/aromatic N) is 6. The molecule has 27 heavy (non-hydrogen) atoms. The first kappa shape index (κ1) is 18.4. The van der Waals surface area contributed by atoms with Gasteiger partial charge in [-0.3, -0.25) is 4.90 Å². The molecule has 0 spiro atoms. The SMILES string of the molecule is CC[C@H](c1nnnn1C1CCCC1)N1CCN(c2cccc(C)c2C)CC1. The van der Waals surface area contributed by atoms with Crippen LogP contribution in [0.1, 0.15) is 68.1 Å². The molecule has 0 amide bonds. The van der Waals surface area contributed by atoms with Crippen LogP contribution in [0, 0.1) is 13.8 Å². The Labute approximate surface area is 162 Å². The van der Waals surface area contributed by atoms with Crippen LogP contribution in [0.2, 0.25) is 0 Å². The van der Waals surface area contributed by atoms with Crippen molar-refractivity contribution in [2.45, 2.75) is 65.0 Å². The van der Waals surface area contributed by atoms with E-state index in [1.807, 2.05) is 0 Å². The number of hydrogen-bond acceptors (Lipinski definition) is 5. The fourth-order valence-electron chi connectivity index (χ4n) is 4.79. The van der Waals surface area contributed by atoms with Crippen molar-refractivity contribution in [1.29, 1.82) is 0 Å². The van der Waals surface area contributed by atoms with Crippen molar-refractivity contribution in [1.82, 2.24) is 25.1 Å². The van der Waals surface area contributed by atoms with Gasteiger partial charge in [0.15, 0.2) is 5.82 Å². The van der Waals surface area contributed by atoms with Crippen molar-refractivity contribution in [2.75, 3.05) is 31.1 Å². The molecule has 0 bridgehead atoms. The minimum absolute atomic E-state index is 0.321. The van der Waals surface area contributed by atoms with Crippen LogP contribution >= 0.6 is 0 Å². The molecule has 2 aromatic rings. The highest BCUT2D eigenvalue weighted by Crippen LogP contribution is 2.33. The van der Waals surface area contributed by atoms with Gasteiger partial charge in [-0.25, -0.2) is 4.68 Å². The molecular formula is C21H32N6. The summed E-state index contributed by atoms with van der Waals surface area (Å²) < 4.78 is 2.14. The number of rotatable bonds is 5. The van der Waals surface area contributed by atoms with E-state index in [-0.39, 0.29) is 0 Å². The van der Waals surface area contributed by atoms with Crippen LogP contribution in [-0.4, -0.2) is 51.3 Å². The second-order valence-corrected chi connectivity index (χ2v) is 8.09. The first-order chi connectivity index (χ1) is 13.2. The zero-order valence-corrected chi connectivity index (χ0v) is 16.9. The van der Waals surface area contributed by atoms with Crippen molar-refractivity contribution in [3.05, 3.63) is 35.2 Å². The second kappa shape index (κ2) is 7.97. The van der Waals surface area contributed by atoms with Gasteiger partial charge in [0.1, 0.15) is 0 Å². The largest absolute Gasteiger partial charge is 0.369 e. The predicted molar refractivity (Wildman–Crippen MR) is 108 cm³/mol. The molecular weight excluding hydrogens is 336 g/mol. The summed E-state index contributed by atoms with van der Waals surface area (Å²) in [5, 5.41) is 12.9. The van der Waals surface area contributed by atoms with Crippen LogP contribution < -0.4 is 4.90 Å². The summed E-state index contributed by atoms with van der Waals surface area (Å²) in [4.78, 5) is 5.12. The number of hydrogen-bond donors (Lipinski definition) is 0. The second-order valence-electron chi connectivity index (χ2n) is 8.09. The molecule has 2 fully saturated rings. The Morgan fingerprint density at radius 1 is 1.07 bits per heavy atom. The third-order valence-corrected chi connectivity index (χ3v) is 6.55. The van der Waals surface area contributed by atoms with Gasteiger partial charge in [-0.05, 0) is 60.7 Å². The third kappa shape index (κ3) is 3.59. The molecule has 1 aliphatic carbocycles. The average molecular weight is 369 g/mol. The first-order valence-electron chi connectivity index (χ1n) is 10.5. The highest BCUT2D eigenvalue weighted by Gasteiger charge is 2.31. The maximum absolute atomic E-state index is 4.46. The number of piperazine rings is 1. The van der Waals surface area contributed by atoms with Gasteiger partial charge in [0.05, 0.1) is 12.1 Å². The molecule has 6 nitrogen and oxygen atoms in total. The molecule has 2 aliphatic rings. The Morgan fingerprint density at radius 3 is 2.52 bits per heavy atom. The molecule has 1 atom stereocenters. The van der Waals surface area contributed by atoms with Gasteiger partial charge in [-0.1, -0.05) is 31.9 Å². The lowest BCUT2D eigenvalue weighted by Gasteiger charge is -2.40. The van der Waals surface area contributed by atoms with E-state index in [4.69, 9.17) is 0 Å². The monoisotopic (exact) mass is 368 g/mol. The van der Waals surface area contributed by atoms with Gasteiger partial charge in [0, 0.05) is 31.9 Å². The van der Waals surface area contributed by atoms with Crippen LogP contribution in [0.25, 0.3) is 0 Å². The molecule has 2 heterocycles. The Kier molecular flexibility index (Phi) is 5.43. The van der Waals surface area contributed by atoms with E-state index in [1.54, 1.807) is 0 Å². The maximum atomic E-state index is 4.46. The molecule has 1 aromatic heterocycles. The van der Waals surface area contributed by atoms with E-state index < -0.39 is 0 Å². The van der Waals surface area contributed by atoms with Crippen molar-refractivity contribution in [3.8, 4) is 0 Å². The lowest BCUT2D eigenvalue weighted by atomic mass is 10.1. The minimum Gasteiger partial charge on any atom is -0.369 e. The molecule has 6 heteroatoms. The summed E-state index contributed by atoms with van der Waals surface area (Å²) in [7, 11) is 0. The lowest BCUT2D eigenvalue weighted by Crippen LogP contribution is -2.48. The quantitative estimate of drug-likeness (QED) is 0.806. The predicted octanol–water partition coefficient (Wildman–Crippen LogP) is 3.68. The Hall–Kier alpha value is -1.95. The van der Waals surface area contributed by atoms with E-state index in [1.165, 1.54) is 42.5 Å². The molecule has 1 saturated carbocycles. The normalized spacial score (nSPS) is 20.3. The summed E-state index contributed by atoms with van der Waals surface area (Å²) in [5.41, 5.74) is 4.17. The fourth-order valence-corrected chi connectivity index (χ4v) is 4.79. The van der Waals surface area contributed by atoms with E-state index >= 15 is 0 Å². The molecule has 4 rings (SSSR count).